The topological polar surface area (TPSA) is 3.88 Å². The van der Waals surface area contributed by atoms with Crippen molar-refractivity contribution in [3.63, 3.8) is 0 Å². The van der Waals surface area contributed by atoms with E-state index in [2.05, 4.69) is 67.8 Å². The van der Waals surface area contributed by atoms with Gasteiger partial charge in [-0.05, 0) is 24.6 Å². The van der Waals surface area contributed by atoms with Crippen LogP contribution in [0.1, 0.15) is 37.9 Å². The molecule has 3 heterocycles. The number of nitrogens with zero attached hydrogens (tertiary/aromatic N) is 1. The molecule has 1 nitrogen and oxygen atoms in total. The normalized spacial score (nSPS) is 33.1. The molecule has 0 fully saturated rings. The highest BCUT2D eigenvalue weighted by Crippen LogP contribution is 2.56. The number of hydrogen-bond donors (Lipinski definition) is 0. The van der Waals surface area contributed by atoms with Gasteiger partial charge in [-0.25, -0.2) is 4.39 Å². The second kappa shape index (κ2) is 3.49. The predicted molar refractivity (Wildman–Crippen MR) is 77.5 cm³/mol. The van der Waals surface area contributed by atoms with E-state index < -0.39 is 5.41 Å². The van der Waals surface area contributed by atoms with Crippen LogP contribution in [0.15, 0.2) is 42.5 Å². The van der Waals surface area contributed by atoms with Gasteiger partial charge in [-0.15, -0.1) is 0 Å². The highest BCUT2D eigenvalue weighted by atomic mass is 19.1. The number of pyridine rings is 1. The zero-order chi connectivity index (χ0) is 14.1. The minimum Gasteiger partial charge on any atom is -0.250 e. The average Bonchev–Trinajstić information content (AvgIpc) is 2.51. The van der Waals surface area contributed by atoms with Gasteiger partial charge in [0.2, 0.25) is 5.69 Å². The Morgan fingerprint density at radius 3 is 2.60 bits per heavy atom. The van der Waals surface area contributed by atoms with Gasteiger partial charge < -0.3 is 0 Å². The first-order chi connectivity index (χ1) is 9.55. The first-order valence-corrected chi connectivity index (χ1v) is 7.27. The Labute approximate surface area is 119 Å². The van der Waals surface area contributed by atoms with Crippen molar-refractivity contribution < 1.29 is 8.96 Å². The maximum absolute atomic E-state index is 13.9. The number of halogens is 1. The van der Waals surface area contributed by atoms with Crippen LogP contribution in [0.3, 0.4) is 0 Å². The van der Waals surface area contributed by atoms with Gasteiger partial charge in [0, 0.05) is 30.5 Å². The van der Waals surface area contributed by atoms with Crippen molar-refractivity contribution in [2.24, 2.45) is 0 Å². The van der Waals surface area contributed by atoms with Crippen molar-refractivity contribution in [3.05, 3.63) is 53.7 Å². The van der Waals surface area contributed by atoms with E-state index in [1.54, 1.807) is 0 Å². The van der Waals surface area contributed by atoms with Crippen LogP contribution in [0.4, 0.5) is 4.39 Å². The van der Waals surface area contributed by atoms with Crippen LogP contribution >= 0.6 is 0 Å². The summed E-state index contributed by atoms with van der Waals surface area (Å²) >= 11 is 0. The lowest BCUT2D eigenvalue weighted by Gasteiger charge is -2.54. The molecular weight excluding hydrogens is 249 g/mol. The lowest BCUT2D eigenvalue weighted by molar-refractivity contribution is -0.824. The Morgan fingerprint density at radius 2 is 1.85 bits per heavy atom. The molecule has 0 spiro atoms. The molecule has 102 valence electrons. The Balaban J connectivity index is 2.12. The maximum Gasteiger partial charge on any atom is 0.213 e. The van der Waals surface area contributed by atoms with E-state index in [9.17, 15) is 4.39 Å². The van der Waals surface area contributed by atoms with Crippen molar-refractivity contribution >= 4 is 0 Å². The smallest absolute Gasteiger partial charge is 0.213 e. The summed E-state index contributed by atoms with van der Waals surface area (Å²) < 4.78 is 16.2. The molecule has 0 saturated carbocycles. The van der Waals surface area contributed by atoms with Gasteiger partial charge in [-0.2, -0.15) is 4.57 Å². The third-order valence-electron chi connectivity index (χ3n) is 5.95. The number of benzene rings is 1. The molecule has 2 aliphatic heterocycles. The lowest BCUT2D eigenvalue weighted by atomic mass is 9.54. The predicted octanol–water partition coefficient (Wildman–Crippen LogP) is 3.71. The summed E-state index contributed by atoms with van der Waals surface area (Å²) in [5.41, 5.74) is 4.41. The molecule has 3 unspecified atom stereocenters. The minimum absolute atomic E-state index is 0.179. The fraction of sp³-hybridized carbons (Fsp3) is 0.389. The summed E-state index contributed by atoms with van der Waals surface area (Å²) in [6.07, 6.45) is 0. The molecule has 1 aromatic heterocycles. The van der Waals surface area contributed by atoms with E-state index in [0.29, 0.717) is 5.92 Å². The summed E-state index contributed by atoms with van der Waals surface area (Å²) in [6, 6.07) is 14.8. The summed E-state index contributed by atoms with van der Waals surface area (Å²) in [4.78, 5) is 0. The zero-order valence-corrected chi connectivity index (χ0v) is 12.2. The van der Waals surface area contributed by atoms with Gasteiger partial charge in [0.1, 0.15) is 12.1 Å². The number of aromatic nitrogens is 1. The molecule has 2 heteroatoms. The Hall–Kier alpha value is -1.70. The number of alkyl halides is 1. The second-order valence-corrected chi connectivity index (χ2v) is 6.55. The van der Waals surface area contributed by atoms with Crippen LogP contribution in [-0.2, 0) is 11.0 Å². The Morgan fingerprint density at radius 1 is 1.10 bits per heavy atom. The molecule has 2 aromatic rings. The van der Waals surface area contributed by atoms with Crippen molar-refractivity contribution in [3.8, 4) is 11.3 Å². The quantitative estimate of drug-likeness (QED) is 0.694. The number of hydrogen-bond acceptors (Lipinski definition) is 0. The van der Waals surface area contributed by atoms with Crippen LogP contribution in [0.5, 0.6) is 0 Å². The lowest BCUT2D eigenvalue weighted by Crippen LogP contribution is -2.82. The Bertz CT molecular complexity index is 723. The SMILES string of the molecule is CC1c2ccccc2-c2cccc3[n+]2C1(C)C3(C)CF. The monoisotopic (exact) mass is 268 g/mol. The molecule has 0 N–H and O–H groups in total. The molecule has 0 radical (unpaired) electrons. The molecule has 1 aromatic carbocycles. The van der Waals surface area contributed by atoms with E-state index in [4.69, 9.17) is 0 Å². The van der Waals surface area contributed by atoms with E-state index in [1.807, 2.05) is 0 Å². The van der Waals surface area contributed by atoms with Crippen molar-refractivity contribution in [1.29, 1.82) is 0 Å². The molecule has 4 rings (SSSR count). The molecule has 20 heavy (non-hydrogen) atoms. The van der Waals surface area contributed by atoms with Crippen LogP contribution in [0, 0.1) is 0 Å². The molecule has 0 saturated heterocycles. The van der Waals surface area contributed by atoms with Crippen molar-refractivity contribution in [1.82, 2.24) is 0 Å². The van der Waals surface area contributed by atoms with Crippen LogP contribution in [-0.4, -0.2) is 6.67 Å². The molecule has 0 amide bonds. The second-order valence-electron chi connectivity index (χ2n) is 6.55. The molecule has 0 bridgehead atoms. The first-order valence-electron chi connectivity index (χ1n) is 7.27. The third kappa shape index (κ3) is 1.02. The standard InChI is InChI=1S/C18H19FN/c1-12-13-7-4-5-8-14(13)15-9-6-10-16-17(2,11-19)18(12,3)20(15)16/h4-10,12H,11H2,1-3H3/q+1. The van der Waals surface area contributed by atoms with Crippen LogP contribution in [0.2, 0.25) is 0 Å². The third-order valence-corrected chi connectivity index (χ3v) is 5.95. The highest BCUT2D eigenvalue weighted by Gasteiger charge is 2.72. The van der Waals surface area contributed by atoms with E-state index >= 15 is 0 Å². The first kappa shape index (κ1) is 12.1. The van der Waals surface area contributed by atoms with E-state index in [1.165, 1.54) is 16.8 Å². The Kier molecular flexibility index (Phi) is 2.11. The van der Waals surface area contributed by atoms with Crippen LogP contribution < -0.4 is 4.57 Å². The molecular formula is C18H19FN+. The van der Waals surface area contributed by atoms with Gasteiger partial charge in [-0.1, -0.05) is 25.1 Å². The fourth-order valence-electron chi connectivity index (χ4n) is 4.39. The summed E-state index contributed by atoms with van der Waals surface area (Å²) in [5.74, 6) is 0.312. The maximum atomic E-state index is 13.9. The fourth-order valence-corrected chi connectivity index (χ4v) is 4.39. The largest absolute Gasteiger partial charge is 0.250 e. The summed E-state index contributed by atoms with van der Waals surface area (Å²) in [7, 11) is 0. The highest BCUT2D eigenvalue weighted by molar-refractivity contribution is 5.65. The van der Waals surface area contributed by atoms with E-state index in [-0.39, 0.29) is 12.2 Å². The van der Waals surface area contributed by atoms with Gasteiger partial charge in [0.15, 0.2) is 11.2 Å². The zero-order valence-electron chi connectivity index (χ0n) is 12.2. The number of rotatable bonds is 1. The summed E-state index contributed by atoms with van der Waals surface area (Å²) in [6.45, 7) is 6.21. The number of fused-ring (bicyclic) bond motifs is 2. The van der Waals surface area contributed by atoms with Gasteiger partial charge in [-0.3, -0.25) is 0 Å². The minimum atomic E-state index is -0.393. The van der Waals surface area contributed by atoms with Crippen molar-refractivity contribution in [2.75, 3.05) is 6.67 Å². The molecule has 3 atom stereocenters. The molecule has 2 aliphatic rings. The van der Waals surface area contributed by atoms with Gasteiger partial charge in [0.05, 0.1) is 0 Å². The van der Waals surface area contributed by atoms with Crippen LogP contribution in [0.25, 0.3) is 11.3 Å². The molecule has 0 aliphatic carbocycles. The summed E-state index contributed by atoms with van der Waals surface area (Å²) in [5, 5.41) is 0. The van der Waals surface area contributed by atoms with Gasteiger partial charge in [0.25, 0.3) is 0 Å². The van der Waals surface area contributed by atoms with Crippen molar-refractivity contribution in [2.45, 2.75) is 37.6 Å². The van der Waals surface area contributed by atoms with Gasteiger partial charge >= 0.3 is 0 Å². The van der Waals surface area contributed by atoms with E-state index in [0.717, 1.165) is 5.69 Å². The average molecular weight is 268 g/mol.